The Bertz CT molecular complexity index is 566. The first-order valence-corrected chi connectivity index (χ1v) is 8.40. The van der Waals surface area contributed by atoms with Crippen LogP contribution in [0.3, 0.4) is 0 Å². The number of carbonyl (C=O) groups is 1. The summed E-state index contributed by atoms with van der Waals surface area (Å²) in [6, 6.07) is -0.248. The molecule has 0 spiro atoms. The van der Waals surface area contributed by atoms with Crippen molar-refractivity contribution in [2.45, 2.75) is 75.5 Å². The smallest absolute Gasteiger partial charge is 0.300 e. The van der Waals surface area contributed by atoms with Crippen molar-refractivity contribution < 1.29 is 24.0 Å². The quantitative estimate of drug-likeness (QED) is 0.326. The summed E-state index contributed by atoms with van der Waals surface area (Å²) in [6.45, 7) is 0. The van der Waals surface area contributed by atoms with Gasteiger partial charge in [-0.15, -0.1) is 0 Å². The van der Waals surface area contributed by atoms with E-state index in [0.29, 0.717) is 51.4 Å². The summed E-state index contributed by atoms with van der Waals surface area (Å²) >= 11 is 0. The van der Waals surface area contributed by atoms with E-state index in [0.717, 1.165) is 0 Å². The SMILES string of the molecule is O=C=NOC(=O)N(C1CCC(N=C=O)CC1)C1CCC(N=C=O)CC1. The fraction of sp³-hybridized carbons (Fsp3) is 0.750. The zero-order valence-electron chi connectivity index (χ0n) is 13.8. The molecule has 0 saturated heterocycles. The van der Waals surface area contributed by atoms with Gasteiger partial charge in [-0.25, -0.2) is 29.2 Å². The summed E-state index contributed by atoms with van der Waals surface area (Å²) in [7, 11) is 0. The predicted molar refractivity (Wildman–Crippen MR) is 84.8 cm³/mol. The Morgan fingerprint density at radius 2 is 1.20 bits per heavy atom. The van der Waals surface area contributed by atoms with Crippen LogP contribution in [0.1, 0.15) is 51.4 Å². The number of nitrogens with zero attached hydrogens (tertiary/aromatic N) is 4. The second-order valence-corrected chi connectivity index (χ2v) is 6.31. The highest BCUT2D eigenvalue weighted by Crippen LogP contribution is 2.32. The Hall–Kier alpha value is -2.59. The Labute approximate surface area is 144 Å². The molecular formula is C16H20N4O5. The largest absolute Gasteiger partial charge is 0.437 e. The summed E-state index contributed by atoms with van der Waals surface area (Å²) in [5.74, 6) is 0. The number of aliphatic imine (C=N–C) groups is 2. The van der Waals surface area contributed by atoms with Crippen LogP contribution in [0, 0.1) is 0 Å². The number of hydrogen-bond donors (Lipinski definition) is 0. The van der Waals surface area contributed by atoms with Crippen molar-refractivity contribution in [3.05, 3.63) is 0 Å². The van der Waals surface area contributed by atoms with Crippen LogP contribution in [-0.2, 0) is 19.2 Å². The molecule has 9 nitrogen and oxygen atoms in total. The minimum atomic E-state index is -0.673. The highest BCUT2D eigenvalue weighted by molar-refractivity contribution is 5.68. The van der Waals surface area contributed by atoms with E-state index >= 15 is 0 Å². The maximum Gasteiger partial charge on any atom is 0.437 e. The van der Waals surface area contributed by atoms with Gasteiger partial charge >= 0.3 is 6.09 Å². The molecule has 0 bridgehead atoms. The number of hydrogen-bond acceptors (Lipinski definition) is 8. The first-order chi connectivity index (χ1) is 12.2. The average molecular weight is 348 g/mol. The van der Waals surface area contributed by atoms with E-state index in [1.807, 2.05) is 0 Å². The molecule has 2 fully saturated rings. The van der Waals surface area contributed by atoms with Crippen molar-refractivity contribution in [2.24, 2.45) is 15.1 Å². The highest BCUT2D eigenvalue weighted by Gasteiger charge is 2.37. The van der Waals surface area contributed by atoms with Gasteiger partial charge in [0.25, 0.3) is 6.08 Å². The first-order valence-electron chi connectivity index (χ1n) is 8.40. The maximum atomic E-state index is 12.4. The summed E-state index contributed by atoms with van der Waals surface area (Å²) in [6.07, 6.45) is 9.16. The van der Waals surface area contributed by atoms with Gasteiger partial charge in [-0.1, -0.05) is 0 Å². The first kappa shape index (κ1) is 18.7. The fourth-order valence-corrected chi connectivity index (χ4v) is 3.78. The van der Waals surface area contributed by atoms with Crippen LogP contribution in [0.5, 0.6) is 0 Å². The van der Waals surface area contributed by atoms with Crippen LogP contribution in [0.2, 0.25) is 0 Å². The van der Waals surface area contributed by atoms with Crippen molar-refractivity contribution >= 4 is 24.3 Å². The number of amides is 1. The standard InChI is InChI=1S/C16H20N4O5/c21-9-17-12-1-5-14(6-2-12)20(16(24)25-19-11-23)15-7-3-13(4-8-15)18-10-22/h12-15H,1-8H2. The fourth-order valence-electron chi connectivity index (χ4n) is 3.78. The molecule has 0 aliphatic heterocycles. The van der Waals surface area contributed by atoms with Gasteiger partial charge in [-0.3, -0.25) is 4.84 Å². The molecule has 0 aromatic heterocycles. The van der Waals surface area contributed by atoms with Crippen molar-refractivity contribution in [1.29, 1.82) is 0 Å². The van der Waals surface area contributed by atoms with Crippen molar-refractivity contribution in [1.82, 2.24) is 4.90 Å². The minimum Gasteiger partial charge on any atom is -0.300 e. The molecule has 9 heteroatoms. The molecule has 0 aromatic rings. The predicted octanol–water partition coefficient (Wildman–Crippen LogP) is 1.97. The maximum absolute atomic E-state index is 12.4. The molecule has 2 saturated carbocycles. The van der Waals surface area contributed by atoms with E-state index in [2.05, 4.69) is 20.0 Å². The van der Waals surface area contributed by atoms with Crippen LogP contribution in [0.15, 0.2) is 15.1 Å². The van der Waals surface area contributed by atoms with Crippen LogP contribution in [-0.4, -0.2) is 53.4 Å². The van der Waals surface area contributed by atoms with Gasteiger partial charge in [0.15, 0.2) is 0 Å². The van der Waals surface area contributed by atoms with E-state index in [9.17, 15) is 19.2 Å². The lowest BCUT2D eigenvalue weighted by Gasteiger charge is -2.41. The van der Waals surface area contributed by atoms with Crippen LogP contribution >= 0.6 is 0 Å². The third-order valence-electron chi connectivity index (χ3n) is 4.96. The molecule has 25 heavy (non-hydrogen) atoms. The molecule has 0 N–H and O–H groups in total. The Kier molecular flexibility index (Phi) is 7.23. The average Bonchev–Trinajstić information content (AvgIpc) is 2.63. The summed E-state index contributed by atoms with van der Waals surface area (Å²) < 4.78 is 0. The van der Waals surface area contributed by atoms with E-state index in [4.69, 9.17) is 0 Å². The molecular weight excluding hydrogens is 328 g/mol. The van der Waals surface area contributed by atoms with Crippen molar-refractivity contribution in [2.75, 3.05) is 0 Å². The van der Waals surface area contributed by atoms with Crippen LogP contribution < -0.4 is 0 Å². The van der Waals surface area contributed by atoms with Crippen LogP contribution in [0.25, 0.3) is 0 Å². The normalized spacial score (nSPS) is 28.5. The van der Waals surface area contributed by atoms with Gasteiger partial charge in [-0.05, 0) is 51.4 Å². The molecule has 0 atom stereocenters. The topological polar surface area (TPSA) is 118 Å². The van der Waals surface area contributed by atoms with Gasteiger partial charge in [0.2, 0.25) is 12.2 Å². The zero-order chi connectivity index (χ0) is 18.1. The number of isocyanates is 3. The molecule has 0 heterocycles. The van der Waals surface area contributed by atoms with Gasteiger partial charge in [0.05, 0.1) is 12.1 Å². The highest BCUT2D eigenvalue weighted by atomic mass is 16.7. The lowest BCUT2D eigenvalue weighted by Crippen LogP contribution is -2.50. The van der Waals surface area contributed by atoms with Gasteiger partial charge in [-0.2, -0.15) is 0 Å². The second-order valence-electron chi connectivity index (χ2n) is 6.31. The Morgan fingerprint density at radius 1 is 0.760 bits per heavy atom. The van der Waals surface area contributed by atoms with E-state index in [1.54, 1.807) is 17.1 Å². The van der Waals surface area contributed by atoms with Gasteiger partial charge in [0, 0.05) is 17.2 Å². The third-order valence-corrected chi connectivity index (χ3v) is 4.96. The Morgan fingerprint density at radius 3 is 1.56 bits per heavy atom. The van der Waals surface area contributed by atoms with E-state index < -0.39 is 6.09 Å². The van der Waals surface area contributed by atoms with Crippen molar-refractivity contribution in [3.8, 4) is 0 Å². The minimum absolute atomic E-state index is 0.0581. The molecule has 0 unspecified atom stereocenters. The van der Waals surface area contributed by atoms with E-state index in [-0.39, 0.29) is 24.2 Å². The molecule has 2 aliphatic carbocycles. The number of rotatable bonds is 5. The molecule has 0 radical (unpaired) electrons. The number of carbonyl (C=O) groups excluding carboxylic acids is 4. The van der Waals surface area contributed by atoms with E-state index in [1.165, 1.54) is 6.08 Å². The lowest BCUT2D eigenvalue weighted by atomic mass is 9.86. The van der Waals surface area contributed by atoms with Crippen LogP contribution in [0.4, 0.5) is 4.79 Å². The molecule has 134 valence electrons. The van der Waals surface area contributed by atoms with Gasteiger partial charge < -0.3 is 4.90 Å². The van der Waals surface area contributed by atoms with Gasteiger partial charge in [0.1, 0.15) is 0 Å². The molecule has 2 aliphatic rings. The third kappa shape index (κ3) is 5.19. The monoisotopic (exact) mass is 348 g/mol. The summed E-state index contributed by atoms with van der Waals surface area (Å²) in [5, 5.41) is 2.93. The Balaban J connectivity index is 2.06. The lowest BCUT2D eigenvalue weighted by molar-refractivity contribution is 0.0442. The second kappa shape index (κ2) is 9.64. The zero-order valence-corrected chi connectivity index (χ0v) is 13.8. The molecule has 2 rings (SSSR count). The molecule has 1 amide bonds. The molecule has 0 aromatic carbocycles. The summed E-state index contributed by atoms with van der Waals surface area (Å²) in [4.78, 5) is 57.2. The van der Waals surface area contributed by atoms with Crippen molar-refractivity contribution in [3.63, 3.8) is 0 Å². The summed E-state index contributed by atoms with van der Waals surface area (Å²) in [5.41, 5.74) is 0.